The van der Waals surface area contributed by atoms with Gasteiger partial charge in [-0.3, -0.25) is 0 Å². The Labute approximate surface area is 125 Å². The van der Waals surface area contributed by atoms with E-state index in [9.17, 15) is 0 Å². The lowest BCUT2D eigenvalue weighted by molar-refractivity contribution is 0.908. The third-order valence-electron chi connectivity index (χ3n) is 3.07. The molecule has 3 rings (SSSR count). The molecule has 0 saturated carbocycles. The minimum absolute atomic E-state index is 0.562. The first-order chi connectivity index (χ1) is 9.58. The van der Waals surface area contributed by atoms with Crippen LogP contribution < -0.4 is 0 Å². The molecule has 0 unspecified atom stereocenters. The van der Waals surface area contributed by atoms with Gasteiger partial charge in [0, 0.05) is 14.1 Å². The second-order valence-corrected chi connectivity index (χ2v) is 5.11. The quantitative estimate of drug-likeness (QED) is 0.730. The van der Waals surface area contributed by atoms with E-state index in [-0.39, 0.29) is 0 Å². The maximum absolute atomic E-state index is 6.00. The smallest absolute Gasteiger partial charge is 0.159 e. The molecule has 0 aliphatic rings. The predicted molar refractivity (Wildman–Crippen MR) is 78.7 cm³/mol. The van der Waals surface area contributed by atoms with E-state index in [2.05, 4.69) is 15.0 Å². The van der Waals surface area contributed by atoms with Gasteiger partial charge in [0.1, 0.15) is 21.7 Å². The molecule has 0 radical (unpaired) electrons. The van der Waals surface area contributed by atoms with Gasteiger partial charge in [-0.2, -0.15) is 0 Å². The second-order valence-electron chi connectivity index (χ2n) is 4.34. The fourth-order valence-corrected chi connectivity index (χ4v) is 2.19. The molecule has 0 aliphatic carbocycles. The number of nitrogens with zero attached hydrogens (tertiary/aromatic N) is 5. The van der Waals surface area contributed by atoms with Crippen molar-refractivity contribution in [3.8, 4) is 23.0 Å². The van der Waals surface area contributed by atoms with E-state index in [0.717, 1.165) is 11.4 Å². The van der Waals surface area contributed by atoms with Crippen LogP contribution in [0.5, 0.6) is 0 Å². The van der Waals surface area contributed by atoms with E-state index in [0.29, 0.717) is 22.0 Å². The van der Waals surface area contributed by atoms with Gasteiger partial charge in [-0.05, 0) is 12.1 Å². The molecular weight excluding hydrogens is 297 g/mol. The standard InChI is InChI=1S/C13H11Cl2N5/c1-19-10(14)6-16-12(19)8-4-3-5-9(18-8)13-17-7-11(15)20(13)2/h3-7H,1-2H3. The predicted octanol–water partition coefficient (Wildman–Crippen LogP) is 3.19. The Balaban J connectivity index is 2.11. The van der Waals surface area contributed by atoms with Gasteiger partial charge in [0.2, 0.25) is 0 Å². The Hall–Kier alpha value is -1.85. The summed E-state index contributed by atoms with van der Waals surface area (Å²) in [6.07, 6.45) is 3.20. The van der Waals surface area contributed by atoms with Crippen molar-refractivity contribution >= 4 is 23.2 Å². The topological polar surface area (TPSA) is 48.5 Å². The van der Waals surface area contributed by atoms with E-state index in [1.165, 1.54) is 0 Å². The number of pyridine rings is 1. The number of rotatable bonds is 2. The first-order valence-corrected chi connectivity index (χ1v) is 6.65. The number of hydrogen-bond donors (Lipinski definition) is 0. The van der Waals surface area contributed by atoms with E-state index in [1.54, 1.807) is 21.5 Å². The highest BCUT2D eigenvalue weighted by Gasteiger charge is 2.12. The summed E-state index contributed by atoms with van der Waals surface area (Å²) in [5.41, 5.74) is 1.46. The van der Waals surface area contributed by atoms with Gasteiger partial charge in [-0.15, -0.1) is 0 Å². The monoisotopic (exact) mass is 307 g/mol. The molecule has 3 aromatic heterocycles. The highest BCUT2D eigenvalue weighted by atomic mass is 35.5. The molecule has 0 aromatic carbocycles. The molecule has 20 heavy (non-hydrogen) atoms. The van der Waals surface area contributed by atoms with Crippen molar-refractivity contribution in [3.63, 3.8) is 0 Å². The summed E-state index contributed by atoms with van der Waals surface area (Å²) in [5, 5.41) is 1.12. The van der Waals surface area contributed by atoms with Crippen LogP contribution in [-0.2, 0) is 14.1 Å². The SMILES string of the molecule is Cn1c(Cl)cnc1-c1cccc(-c2ncc(Cl)n2C)n1. The number of hydrogen-bond acceptors (Lipinski definition) is 3. The Kier molecular flexibility index (Phi) is 3.23. The number of halogens is 2. The van der Waals surface area contributed by atoms with Crippen LogP contribution in [0.15, 0.2) is 30.6 Å². The van der Waals surface area contributed by atoms with Crippen molar-refractivity contribution in [1.29, 1.82) is 0 Å². The molecule has 5 nitrogen and oxygen atoms in total. The lowest BCUT2D eigenvalue weighted by atomic mass is 10.3. The first kappa shape index (κ1) is 13.1. The summed E-state index contributed by atoms with van der Waals surface area (Å²) in [4.78, 5) is 13.1. The lowest BCUT2D eigenvalue weighted by Gasteiger charge is -2.05. The Bertz CT molecular complexity index is 713. The van der Waals surface area contributed by atoms with Crippen LogP contribution >= 0.6 is 23.2 Å². The van der Waals surface area contributed by atoms with E-state index >= 15 is 0 Å². The molecule has 102 valence electrons. The van der Waals surface area contributed by atoms with Crippen molar-refractivity contribution < 1.29 is 0 Å². The van der Waals surface area contributed by atoms with Crippen LogP contribution in [0.25, 0.3) is 23.0 Å². The van der Waals surface area contributed by atoms with Crippen molar-refractivity contribution in [3.05, 3.63) is 40.9 Å². The minimum Gasteiger partial charge on any atom is -0.317 e. The molecular formula is C13H11Cl2N5. The van der Waals surface area contributed by atoms with Gasteiger partial charge >= 0.3 is 0 Å². The van der Waals surface area contributed by atoms with Crippen LogP contribution in [0.3, 0.4) is 0 Å². The molecule has 7 heteroatoms. The van der Waals surface area contributed by atoms with Crippen LogP contribution in [0.2, 0.25) is 10.3 Å². The molecule has 0 bridgehead atoms. The van der Waals surface area contributed by atoms with Crippen molar-refractivity contribution in [2.45, 2.75) is 0 Å². The molecule has 3 heterocycles. The van der Waals surface area contributed by atoms with Gasteiger partial charge in [-0.1, -0.05) is 29.3 Å². The second kappa shape index (κ2) is 4.92. The summed E-state index contributed by atoms with van der Waals surface area (Å²) in [5.74, 6) is 1.41. The highest BCUT2D eigenvalue weighted by molar-refractivity contribution is 6.30. The zero-order valence-corrected chi connectivity index (χ0v) is 12.4. The third-order valence-corrected chi connectivity index (χ3v) is 3.77. The molecule has 0 fully saturated rings. The van der Waals surface area contributed by atoms with E-state index in [1.807, 2.05) is 32.3 Å². The third kappa shape index (κ3) is 2.09. The molecule has 0 aliphatic heterocycles. The Morgan fingerprint density at radius 1 is 0.850 bits per heavy atom. The van der Waals surface area contributed by atoms with Crippen molar-refractivity contribution in [1.82, 2.24) is 24.1 Å². The summed E-state index contributed by atoms with van der Waals surface area (Å²) in [6.45, 7) is 0. The zero-order valence-electron chi connectivity index (χ0n) is 10.9. The van der Waals surface area contributed by atoms with Gasteiger partial charge in [0.25, 0.3) is 0 Å². The summed E-state index contributed by atoms with van der Waals surface area (Å²) in [7, 11) is 3.69. The molecule has 3 aromatic rings. The summed E-state index contributed by atoms with van der Waals surface area (Å²) in [6, 6.07) is 5.67. The number of imidazole rings is 2. The first-order valence-electron chi connectivity index (χ1n) is 5.90. The van der Waals surface area contributed by atoms with E-state index in [4.69, 9.17) is 23.2 Å². The molecule has 0 saturated heterocycles. The Morgan fingerprint density at radius 2 is 1.30 bits per heavy atom. The lowest BCUT2D eigenvalue weighted by Crippen LogP contribution is -1.99. The van der Waals surface area contributed by atoms with Crippen LogP contribution in [-0.4, -0.2) is 24.1 Å². The van der Waals surface area contributed by atoms with Crippen LogP contribution in [0.4, 0.5) is 0 Å². The van der Waals surface area contributed by atoms with E-state index < -0.39 is 0 Å². The van der Waals surface area contributed by atoms with Crippen molar-refractivity contribution in [2.75, 3.05) is 0 Å². The molecule has 0 N–H and O–H groups in total. The zero-order chi connectivity index (χ0) is 14.3. The largest absolute Gasteiger partial charge is 0.317 e. The van der Waals surface area contributed by atoms with Gasteiger partial charge < -0.3 is 9.13 Å². The maximum atomic E-state index is 6.00. The van der Waals surface area contributed by atoms with Crippen LogP contribution in [0.1, 0.15) is 0 Å². The highest BCUT2D eigenvalue weighted by Crippen LogP contribution is 2.24. The van der Waals surface area contributed by atoms with Gasteiger partial charge in [0.05, 0.1) is 12.4 Å². The molecule has 0 spiro atoms. The van der Waals surface area contributed by atoms with Gasteiger partial charge in [-0.25, -0.2) is 15.0 Å². The fraction of sp³-hybridized carbons (Fsp3) is 0.154. The van der Waals surface area contributed by atoms with Crippen molar-refractivity contribution in [2.24, 2.45) is 14.1 Å². The average Bonchev–Trinajstić information content (AvgIpc) is 2.95. The summed E-state index contributed by atoms with van der Waals surface area (Å²) < 4.78 is 3.55. The minimum atomic E-state index is 0.562. The Morgan fingerprint density at radius 3 is 1.65 bits per heavy atom. The number of aromatic nitrogens is 5. The van der Waals surface area contributed by atoms with Crippen LogP contribution in [0, 0.1) is 0 Å². The maximum Gasteiger partial charge on any atom is 0.159 e. The average molecular weight is 308 g/mol. The van der Waals surface area contributed by atoms with Gasteiger partial charge in [0.15, 0.2) is 11.6 Å². The fourth-order valence-electron chi connectivity index (χ4n) is 1.94. The summed E-state index contributed by atoms with van der Waals surface area (Å²) >= 11 is 12.0. The normalized spacial score (nSPS) is 11.0. The molecule has 0 amide bonds. The molecule has 0 atom stereocenters.